The maximum absolute atomic E-state index is 2.70. The lowest BCUT2D eigenvalue weighted by molar-refractivity contribution is 0.232. The number of hydrogen-bond acceptors (Lipinski definition) is 2. The van der Waals surface area contributed by atoms with E-state index in [0.29, 0.717) is 6.17 Å². The molecule has 2 heterocycles. The van der Waals surface area contributed by atoms with E-state index >= 15 is 0 Å². The number of nitrogens with zero attached hydrogens (tertiary/aromatic N) is 2. The SMILES string of the molecule is CC(C)=CCN1CCC2(CC=C(C)C)c3ccccc3N(CC=C(C)C)C12. The second-order valence-corrected chi connectivity index (χ2v) is 8.99. The summed E-state index contributed by atoms with van der Waals surface area (Å²) >= 11 is 0. The molecule has 0 amide bonds. The van der Waals surface area contributed by atoms with E-state index in [0.717, 1.165) is 19.5 Å². The van der Waals surface area contributed by atoms with E-state index in [2.05, 4.69) is 93.8 Å². The van der Waals surface area contributed by atoms with Gasteiger partial charge in [-0.2, -0.15) is 0 Å². The first kappa shape index (κ1) is 19.9. The Labute approximate surface area is 166 Å². The van der Waals surface area contributed by atoms with Crippen LogP contribution in [0.4, 0.5) is 5.69 Å². The number of para-hydroxylation sites is 1. The first-order valence-electron chi connectivity index (χ1n) is 10.4. The molecule has 0 bridgehead atoms. The Bertz CT molecular complexity index is 758. The zero-order chi connectivity index (χ0) is 19.6. The molecule has 1 aromatic carbocycles. The molecule has 2 aliphatic heterocycles. The molecule has 2 unspecified atom stereocenters. The van der Waals surface area contributed by atoms with E-state index in [9.17, 15) is 0 Å². The average Bonchev–Trinajstić information content (AvgIpc) is 3.10. The van der Waals surface area contributed by atoms with Crippen molar-refractivity contribution >= 4 is 5.69 Å². The Kier molecular flexibility index (Phi) is 5.95. The summed E-state index contributed by atoms with van der Waals surface area (Å²) in [6.45, 7) is 16.5. The maximum Gasteiger partial charge on any atom is 0.0929 e. The van der Waals surface area contributed by atoms with Gasteiger partial charge in [-0.25, -0.2) is 0 Å². The molecule has 2 aliphatic rings. The van der Waals surface area contributed by atoms with Gasteiger partial charge in [0.2, 0.25) is 0 Å². The van der Waals surface area contributed by atoms with Gasteiger partial charge in [-0.1, -0.05) is 53.1 Å². The average molecular weight is 365 g/mol. The lowest BCUT2D eigenvalue weighted by Crippen LogP contribution is -2.50. The number of allylic oxidation sites excluding steroid dienone is 4. The van der Waals surface area contributed by atoms with Crippen molar-refractivity contribution in [3.63, 3.8) is 0 Å². The van der Waals surface area contributed by atoms with Gasteiger partial charge in [0, 0.05) is 30.7 Å². The Morgan fingerprint density at radius 2 is 1.56 bits per heavy atom. The molecule has 2 nitrogen and oxygen atoms in total. The third kappa shape index (κ3) is 3.91. The summed E-state index contributed by atoms with van der Waals surface area (Å²) in [6.07, 6.45) is 10.0. The van der Waals surface area contributed by atoms with E-state index in [1.807, 2.05) is 0 Å². The number of benzene rings is 1. The number of hydrogen-bond donors (Lipinski definition) is 0. The highest BCUT2D eigenvalue weighted by Gasteiger charge is 2.55. The van der Waals surface area contributed by atoms with Crippen molar-refractivity contribution in [3.05, 3.63) is 64.8 Å². The quantitative estimate of drug-likeness (QED) is 0.566. The molecule has 0 N–H and O–H groups in total. The molecule has 27 heavy (non-hydrogen) atoms. The lowest BCUT2D eigenvalue weighted by atomic mass is 9.76. The second kappa shape index (κ2) is 8.06. The van der Waals surface area contributed by atoms with E-state index in [-0.39, 0.29) is 5.41 Å². The van der Waals surface area contributed by atoms with Gasteiger partial charge in [0.05, 0.1) is 6.17 Å². The lowest BCUT2D eigenvalue weighted by Gasteiger charge is -2.38. The minimum absolute atomic E-state index is 0.207. The predicted octanol–water partition coefficient (Wildman–Crippen LogP) is 6.06. The monoisotopic (exact) mass is 364 g/mol. The molecule has 0 radical (unpaired) electrons. The number of likely N-dealkylation sites (tertiary alicyclic amines) is 1. The number of anilines is 1. The van der Waals surface area contributed by atoms with Gasteiger partial charge >= 0.3 is 0 Å². The molecule has 146 valence electrons. The van der Waals surface area contributed by atoms with Crippen LogP contribution in [0.2, 0.25) is 0 Å². The summed E-state index contributed by atoms with van der Waals surface area (Å²) in [5, 5.41) is 0. The maximum atomic E-state index is 2.70. The largest absolute Gasteiger partial charge is 0.351 e. The summed E-state index contributed by atoms with van der Waals surface area (Å²) in [7, 11) is 0. The zero-order valence-electron chi connectivity index (χ0n) is 18.0. The van der Waals surface area contributed by atoms with E-state index in [1.165, 1.54) is 35.4 Å². The zero-order valence-corrected chi connectivity index (χ0v) is 18.0. The van der Waals surface area contributed by atoms with Crippen LogP contribution in [0.15, 0.2) is 59.2 Å². The number of fused-ring (bicyclic) bond motifs is 3. The van der Waals surface area contributed by atoms with Crippen LogP contribution in [-0.2, 0) is 5.41 Å². The van der Waals surface area contributed by atoms with Crippen molar-refractivity contribution in [1.82, 2.24) is 4.90 Å². The van der Waals surface area contributed by atoms with Crippen LogP contribution in [0.5, 0.6) is 0 Å². The summed E-state index contributed by atoms with van der Waals surface area (Å²) in [4.78, 5) is 5.36. The van der Waals surface area contributed by atoms with Crippen molar-refractivity contribution in [2.24, 2.45) is 0 Å². The van der Waals surface area contributed by atoms with Crippen molar-refractivity contribution < 1.29 is 0 Å². The fraction of sp³-hybridized carbons (Fsp3) is 0.520. The van der Waals surface area contributed by atoms with Gasteiger partial charge in [0.25, 0.3) is 0 Å². The number of rotatable bonds is 6. The first-order chi connectivity index (χ1) is 12.8. The molecule has 0 spiro atoms. The molecule has 3 rings (SSSR count). The Balaban J connectivity index is 2.07. The Hall–Kier alpha value is -1.80. The summed E-state index contributed by atoms with van der Waals surface area (Å²) in [5.74, 6) is 0. The third-order valence-corrected chi connectivity index (χ3v) is 6.04. The highest BCUT2D eigenvalue weighted by atomic mass is 15.4. The van der Waals surface area contributed by atoms with Gasteiger partial charge in [0.15, 0.2) is 0 Å². The third-order valence-electron chi connectivity index (χ3n) is 6.04. The molecule has 2 heteroatoms. The fourth-order valence-electron chi connectivity index (χ4n) is 4.66. The standard InChI is InChI=1S/C25H36N2/c1-19(2)11-14-25-15-18-26(16-12-20(3)4)24(25)27(17-13-21(5)6)23-10-8-7-9-22(23)25/h7-13,24H,14-18H2,1-6H3. The van der Waals surface area contributed by atoms with Gasteiger partial charge < -0.3 is 4.90 Å². The predicted molar refractivity (Wildman–Crippen MR) is 118 cm³/mol. The summed E-state index contributed by atoms with van der Waals surface area (Å²) in [5.41, 5.74) is 7.41. The topological polar surface area (TPSA) is 6.48 Å². The first-order valence-corrected chi connectivity index (χ1v) is 10.4. The second-order valence-electron chi connectivity index (χ2n) is 8.99. The van der Waals surface area contributed by atoms with E-state index in [4.69, 9.17) is 0 Å². The molecule has 0 aromatic heterocycles. The van der Waals surface area contributed by atoms with Crippen LogP contribution in [0.25, 0.3) is 0 Å². The van der Waals surface area contributed by atoms with Crippen LogP contribution in [0.3, 0.4) is 0 Å². The minimum Gasteiger partial charge on any atom is -0.351 e. The van der Waals surface area contributed by atoms with Crippen molar-refractivity contribution in [3.8, 4) is 0 Å². The highest BCUT2D eigenvalue weighted by Crippen LogP contribution is 2.54. The molecule has 2 atom stereocenters. The Morgan fingerprint density at radius 1 is 0.926 bits per heavy atom. The molecular weight excluding hydrogens is 328 g/mol. The molecule has 0 aliphatic carbocycles. The Morgan fingerprint density at radius 3 is 2.22 bits per heavy atom. The van der Waals surface area contributed by atoms with Crippen LogP contribution >= 0.6 is 0 Å². The van der Waals surface area contributed by atoms with Crippen molar-refractivity contribution in [2.45, 2.75) is 66.0 Å². The summed E-state index contributed by atoms with van der Waals surface area (Å²) in [6, 6.07) is 9.14. The molecule has 0 saturated carbocycles. The van der Waals surface area contributed by atoms with Gasteiger partial charge in [-0.05, 0) is 66.0 Å². The van der Waals surface area contributed by atoms with Crippen molar-refractivity contribution in [1.29, 1.82) is 0 Å². The van der Waals surface area contributed by atoms with E-state index < -0.39 is 0 Å². The van der Waals surface area contributed by atoms with E-state index in [1.54, 1.807) is 5.56 Å². The van der Waals surface area contributed by atoms with Crippen LogP contribution in [-0.4, -0.2) is 30.7 Å². The molecular formula is C25H36N2. The molecule has 1 aromatic rings. The normalized spacial score (nSPS) is 23.6. The smallest absolute Gasteiger partial charge is 0.0929 e. The summed E-state index contributed by atoms with van der Waals surface area (Å²) < 4.78 is 0. The van der Waals surface area contributed by atoms with Crippen LogP contribution in [0.1, 0.15) is 59.9 Å². The van der Waals surface area contributed by atoms with Gasteiger partial charge in [0.1, 0.15) is 0 Å². The molecule has 1 fully saturated rings. The molecule has 1 saturated heterocycles. The fourth-order valence-corrected chi connectivity index (χ4v) is 4.66. The van der Waals surface area contributed by atoms with Crippen molar-refractivity contribution in [2.75, 3.05) is 24.5 Å². The van der Waals surface area contributed by atoms with Crippen LogP contribution < -0.4 is 4.90 Å². The minimum atomic E-state index is 0.207. The highest BCUT2D eigenvalue weighted by molar-refractivity contribution is 5.66. The van der Waals surface area contributed by atoms with Gasteiger partial charge in [-0.15, -0.1) is 0 Å². The van der Waals surface area contributed by atoms with Crippen LogP contribution in [0, 0.1) is 0 Å². The van der Waals surface area contributed by atoms with Gasteiger partial charge in [-0.3, -0.25) is 4.90 Å².